The standard InChI is InChI=1S/C13H15F3N4S2/c1-18-11(13(14,15)16)17-20(12(18)21)8-19-6-2-4-9(19)10-5-3-7-22-10/h3,5,7,9H,2,4,6,8H2,1H3/t9-/m0/s1. The Kier molecular flexibility index (Phi) is 4.13. The molecular weight excluding hydrogens is 333 g/mol. The molecule has 0 N–H and O–H groups in total. The molecule has 1 aliphatic heterocycles. The van der Waals surface area contributed by atoms with Gasteiger partial charge in [0.15, 0.2) is 4.77 Å². The summed E-state index contributed by atoms with van der Waals surface area (Å²) in [6.07, 6.45) is -2.46. The molecule has 0 unspecified atom stereocenters. The zero-order chi connectivity index (χ0) is 15.9. The molecular formula is C13H15F3N4S2. The summed E-state index contributed by atoms with van der Waals surface area (Å²) in [4.78, 5) is 3.37. The Labute approximate surface area is 134 Å². The fraction of sp³-hybridized carbons (Fsp3) is 0.538. The average molecular weight is 348 g/mol. The van der Waals surface area contributed by atoms with Gasteiger partial charge in [0.2, 0.25) is 5.82 Å². The molecule has 0 saturated carbocycles. The minimum Gasteiger partial charge on any atom is -0.299 e. The van der Waals surface area contributed by atoms with Crippen molar-refractivity contribution in [1.82, 2.24) is 19.2 Å². The van der Waals surface area contributed by atoms with Crippen LogP contribution in [0.15, 0.2) is 17.5 Å². The highest BCUT2D eigenvalue weighted by Crippen LogP contribution is 2.35. The topological polar surface area (TPSA) is 26.0 Å². The molecule has 3 heterocycles. The molecule has 1 saturated heterocycles. The molecule has 2 aromatic heterocycles. The maximum Gasteiger partial charge on any atom is 0.451 e. The van der Waals surface area contributed by atoms with Crippen LogP contribution in [-0.2, 0) is 19.9 Å². The normalized spacial score (nSPS) is 19.9. The highest BCUT2D eigenvalue weighted by Gasteiger charge is 2.38. The molecule has 4 nitrogen and oxygen atoms in total. The molecule has 0 aliphatic carbocycles. The lowest BCUT2D eigenvalue weighted by Gasteiger charge is -2.23. The van der Waals surface area contributed by atoms with E-state index in [4.69, 9.17) is 12.2 Å². The molecule has 3 rings (SSSR count). The van der Waals surface area contributed by atoms with Crippen LogP contribution in [0.3, 0.4) is 0 Å². The van der Waals surface area contributed by atoms with E-state index in [0.717, 1.165) is 24.0 Å². The van der Waals surface area contributed by atoms with E-state index in [9.17, 15) is 13.2 Å². The van der Waals surface area contributed by atoms with Crippen LogP contribution in [0.25, 0.3) is 0 Å². The first-order chi connectivity index (χ1) is 10.4. The second-order valence-corrected chi connectivity index (χ2v) is 6.63. The van der Waals surface area contributed by atoms with Gasteiger partial charge in [0.05, 0.1) is 6.67 Å². The minimum absolute atomic E-state index is 0.0872. The fourth-order valence-corrected chi connectivity index (χ4v) is 3.88. The van der Waals surface area contributed by atoms with Crippen LogP contribution in [0, 0.1) is 4.77 Å². The van der Waals surface area contributed by atoms with Gasteiger partial charge in [0.1, 0.15) is 0 Å². The van der Waals surface area contributed by atoms with E-state index in [-0.39, 0.29) is 17.5 Å². The van der Waals surface area contributed by atoms with Crippen LogP contribution in [0.5, 0.6) is 0 Å². The molecule has 0 aromatic carbocycles. The Morgan fingerprint density at radius 1 is 1.45 bits per heavy atom. The fourth-order valence-electron chi connectivity index (χ4n) is 2.80. The van der Waals surface area contributed by atoms with Crippen molar-refractivity contribution in [3.05, 3.63) is 33.0 Å². The summed E-state index contributed by atoms with van der Waals surface area (Å²) in [5.74, 6) is -0.954. The summed E-state index contributed by atoms with van der Waals surface area (Å²) in [6.45, 7) is 1.12. The summed E-state index contributed by atoms with van der Waals surface area (Å²) in [5, 5.41) is 5.69. The number of thiophene rings is 1. The molecule has 0 spiro atoms. The second-order valence-electron chi connectivity index (χ2n) is 5.29. The largest absolute Gasteiger partial charge is 0.451 e. The van der Waals surface area contributed by atoms with Crippen molar-refractivity contribution >= 4 is 23.6 Å². The van der Waals surface area contributed by atoms with Crippen molar-refractivity contribution in [2.45, 2.75) is 31.7 Å². The SMILES string of the molecule is Cn1c(C(F)(F)F)nn(CN2CCC[C@H]2c2cccs2)c1=S. The molecule has 0 amide bonds. The number of aromatic nitrogens is 3. The van der Waals surface area contributed by atoms with Crippen molar-refractivity contribution < 1.29 is 13.2 Å². The molecule has 9 heteroatoms. The Balaban J connectivity index is 1.86. The van der Waals surface area contributed by atoms with Gasteiger partial charge in [-0.15, -0.1) is 16.4 Å². The van der Waals surface area contributed by atoms with Crippen LogP contribution in [0.4, 0.5) is 13.2 Å². The minimum atomic E-state index is -4.49. The highest BCUT2D eigenvalue weighted by atomic mass is 32.1. The predicted octanol–water partition coefficient (Wildman–Crippen LogP) is 3.83. The first-order valence-electron chi connectivity index (χ1n) is 6.86. The Hall–Kier alpha value is -1.19. The van der Waals surface area contributed by atoms with Gasteiger partial charge in [-0.2, -0.15) is 13.2 Å². The maximum atomic E-state index is 12.9. The monoisotopic (exact) mass is 348 g/mol. The van der Waals surface area contributed by atoms with Gasteiger partial charge in [-0.05, 0) is 36.5 Å². The van der Waals surface area contributed by atoms with Crippen molar-refractivity contribution in [3.8, 4) is 0 Å². The summed E-state index contributed by atoms with van der Waals surface area (Å²) >= 11 is 6.76. The molecule has 0 bridgehead atoms. The number of hydrogen-bond donors (Lipinski definition) is 0. The summed E-state index contributed by atoms with van der Waals surface area (Å²) in [7, 11) is 1.30. The quantitative estimate of drug-likeness (QED) is 0.789. The van der Waals surface area contributed by atoms with Crippen LogP contribution >= 0.6 is 23.6 Å². The van der Waals surface area contributed by atoms with Gasteiger partial charge in [-0.1, -0.05) is 6.07 Å². The van der Waals surface area contributed by atoms with Gasteiger partial charge in [0, 0.05) is 24.5 Å². The molecule has 1 fully saturated rings. The van der Waals surface area contributed by atoms with Crippen molar-refractivity contribution in [3.63, 3.8) is 0 Å². The second kappa shape index (κ2) is 5.78. The van der Waals surface area contributed by atoms with Crippen molar-refractivity contribution in [1.29, 1.82) is 0 Å². The molecule has 0 radical (unpaired) electrons. The zero-order valence-electron chi connectivity index (χ0n) is 11.9. The first kappa shape index (κ1) is 15.7. The number of rotatable bonds is 3. The molecule has 1 aliphatic rings. The van der Waals surface area contributed by atoms with E-state index in [1.165, 1.54) is 16.6 Å². The van der Waals surface area contributed by atoms with Gasteiger partial charge in [-0.25, -0.2) is 4.68 Å². The van der Waals surface area contributed by atoms with E-state index < -0.39 is 12.0 Å². The van der Waals surface area contributed by atoms with Gasteiger partial charge < -0.3 is 0 Å². The summed E-state index contributed by atoms with van der Waals surface area (Å²) in [5.41, 5.74) is 0. The van der Waals surface area contributed by atoms with E-state index in [1.54, 1.807) is 11.3 Å². The summed E-state index contributed by atoms with van der Waals surface area (Å²) in [6, 6.07) is 4.29. The van der Waals surface area contributed by atoms with Crippen LogP contribution in [-0.4, -0.2) is 25.8 Å². The van der Waals surface area contributed by atoms with Crippen LogP contribution in [0.2, 0.25) is 0 Å². The third-order valence-corrected chi connectivity index (χ3v) is 5.30. The zero-order valence-corrected chi connectivity index (χ0v) is 13.5. The number of nitrogens with zero attached hydrogens (tertiary/aromatic N) is 4. The predicted molar refractivity (Wildman–Crippen MR) is 80.0 cm³/mol. The van der Waals surface area contributed by atoms with Crippen LogP contribution in [0.1, 0.15) is 29.6 Å². The summed E-state index contributed by atoms with van der Waals surface area (Å²) < 4.78 is 41.0. The van der Waals surface area contributed by atoms with Crippen molar-refractivity contribution in [2.75, 3.05) is 6.54 Å². The molecule has 1 atom stereocenters. The van der Waals surface area contributed by atoms with Gasteiger partial charge >= 0.3 is 6.18 Å². The Bertz CT molecular complexity index is 702. The lowest BCUT2D eigenvalue weighted by Crippen LogP contribution is -2.26. The lowest BCUT2D eigenvalue weighted by molar-refractivity contribution is -0.147. The Morgan fingerprint density at radius 3 is 2.82 bits per heavy atom. The van der Waals surface area contributed by atoms with E-state index in [2.05, 4.69) is 16.1 Å². The average Bonchev–Trinajstić information content (AvgIpc) is 3.14. The maximum absolute atomic E-state index is 12.9. The van der Waals surface area contributed by atoms with Gasteiger partial charge in [0.25, 0.3) is 0 Å². The molecule has 22 heavy (non-hydrogen) atoms. The highest BCUT2D eigenvalue weighted by molar-refractivity contribution is 7.71. The number of likely N-dealkylation sites (tertiary alicyclic amines) is 1. The number of alkyl halides is 3. The third-order valence-electron chi connectivity index (χ3n) is 3.85. The van der Waals surface area contributed by atoms with E-state index in [1.807, 2.05) is 11.4 Å². The first-order valence-corrected chi connectivity index (χ1v) is 8.15. The molecule has 2 aromatic rings. The smallest absolute Gasteiger partial charge is 0.299 e. The third kappa shape index (κ3) is 2.84. The molecule has 120 valence electrons. The van der Waals surface area contributed by atoms with Crippen molar-refractivity contribution in [2.24, 2.45) is 7.05 Å². The number of hydrogen-bond acceptors (Lipinski definition) is 4. The lowest BCUT2D eigenvalue weighted by atomic mass is 10.2. The van der Waals surface area contributed by atoms with E-state index >= 15 is 0 Å². The van der Waals surface area contributed by atoms with E-state index in [0.29, 0.717) is 0 Å². The number of halogens is 3. The Morgan fingerprint density at radius 2 is 2.23 bits per heavy atom. The van der Waals surface area contributed by atoms with Gasteiger partial charge in [-0.3, -0.25) is 9.47 Å². The van der Waals surface area contributed by atoms with Crippen LogP contribution < -0.4 is 0 Å².